The van der Waals surface area contributed by atoms with Crippen molar-refractivity contribution >= 4 is 27.5 Å². The second-order valence-electron chi connectivity index (χ2n) is 8.59. The molecule has 0 heterocycles. The van der Waals surface area contributed by atoms with E-state index < -0.39 is 16.1 Å². The molecule has 192 valence electrons. The molecule has 2 aromatic rings. The first-order valence-electron chi connectivity index (χ1n) is 11.9. The van der Waals surface area contributed by atoms with E-state index in [0.29, 0.717) is 24.2 Å². The van der Waals surface area contributed by atoms with Gasteiger partial charge in [0.1, 0.15) is 11.9 Å². The van der Waals surface area contributed by atoms with Gasteiger partial charge < -0.3 is 10.2 Å². The van der Waals surface area contributed by atoms with Crippen LogP contribution in [0, 0.1) is 12.7 Å². The normalized spacial score (nSPS) is 12.1. The van der Waals surface area contributed by atoms with Gasteiger partial charge in [0.05, 0.1) is 11.9 Å². The van der Waals surface area contributed by atoms with Crippen LogP contribution in [0.3, 0.4) is 0 Å². The minimum absolute atomic E-state index is 0.0661. The Morgan fingerprint density at radius 3 is 2.29 bits per heavy atom. The summed E-state index contributed by atoms with van der Waals surface area (Å²) >= 11 is 0. The Morgan fingerprint density at radius 2 is 1.71 bits per heavy atom. The Morgan fingerprint density at radius 1 is 1.06 bits per heavy atom. The highest BCUT2D eigenvalue weighted by Crippen LogP contribution is 2.23. The fourth-order valence-electron chi connectivity index (χ4n) is 3.90. The first kappa shape index (κ1) is 28.3. The fraction of sp³-hybridized carbons (Fsp3) is 0.462. The molecular formula is C26H36FN3O4S. The molecule has 0 aliphatic heterocycles. The third-order valence-electron chi connectivity index (χ3n) is 5.74. The maximum absolute atomic E-state index is 13.4. The standard InChI is InChI=1S/C26H36FN3O4S/c1-5-17-28-26(32)23(6-2)29(19-21-13-15-22(27)16-14-21)25(31)12-9-18-30(35(4,33)34)24-11-8-7-10-20(24)3/h7-8,10-11,13-16,23H,5-6,9,12,17-19H2,1-4H3,(H,28,32)/t23-/m0/s1. The first-order chi connectivity index (χ1) is 16.6. The minimum Gasteiger partial charge on any atom is -0.354 e. The van der Waals surface area contributed by atoms with Crippen LogP contribution >= 0.6 is 0 Å². The van der Waals surface area contributed by atoms with E-state index in [4.69, 9.17) is 0 Å². The molecule has 0 unspecified atom stereocenters. The van der Waals surface area contributed by atoms with E-state index in [0.717, 1.165) is 18.2 Å². The summed E-state index contributed by atoms with van der Waals surface area (Å²) in [5.41, 5.74) is 2.11. The summed E-state index contributed by atoms with van der Waals surface area (Å²) in [5.74, 6) is -0.870. The van der Waals surface area contributed by atoms with Crippen molar-refractivity contribution in [2.24, 2.45) is 0 Å². The van der Waals surface area contributed by atoms with Crippen LogP contribution in [0.25, 0.3) is 0 Å². The number of amides is 2. The van der Waals surface area contributed by atoms with E-state index in [2.05, 4.69) is 5.32 Å². The average Bonchev–Trinajstić information content (AvgIpc) is 2.81. The van der Waals surface area contributed by atoms with Crippen molar-refractivity contribution in [3.8, 4) is 0 Å². The molecule has 0 radical (unpaired) electrons. The zero-order valence-electron chi connectivity index (χ0n) is 21.0. The summed E-state index contributed by atoms with van der Waals surface area (Å²) in [7, 11) is -3.55. The minimum atomic E-state index is -3.55. The van der Waals surface area contributed by atoms with Gasteiger partial charge in [0, 0.05) is 26.1 Å². The molecular weight excluding hydrogens is 469 g/mol. The molecule has 2 amide bonds. The van der Waals surface area contributed by atoms with E-state index in [9.17, 15) is 22.4 Å². The van der Waals surface area contributed by atoms with Crippen molar-refractivity contribution in [2.75, 3.05) is 23.7 Å². The molecule has 1 N–H and O–H groups in total. The number of aryl methyl sites for hydroxylation is 1. The number of carbonyl (C=O) groups excluding carboxylic acids is 2. The maximum atomic E-state index is 13.4. The van der Waals surface area contributed by atoms with E-state index in [-0.39, 0.29) is 43.6 Å². The highest BCUT2D eigenvalue weighted by Gasteiger charge is 2.28. The number of hydrogen-bond acceptors (Lipinski definition) is 4. The number of sulfonamides is 1. The summed E-state index contributed by atoms with van der Waals surface area (Å²) in [6, 6.07) is 12.3. The molecule has 0 aliphatic carbocycles. The number of rotatable bonds is 13. The van der Waals surface area contributed by atoms with Crippen molar-refractivity contribution in [3.63, 3.8) is 0 Å². The number of benzene rings is 2. The summed E-state index contributed by atoms with van der Waals surface area (Å²) < 4.78 is 39.6. The van der Waals surface area contributed by atoms with Gasteiger partial charge in [0.2, 0.25) is 21.8 Å². The van der Waals surface area contributed by atoms with Gasteiger partial charge in [0.15, 0.2) is 0 Å². The largest absolute Gasteiger partial charge is 0.354 e. The highest BCUT2D eigenvalue weighted by molar-refractivity contribution is 7.92. The van der Waals surface area contributed by atoms with Crippen molar-refractivity contribution < 1.29 is 22.4 Å². The maximum Gasteiger partial charge on any atom is 0.242 e. The average molecular weight is 506 g/mol. The molecule has 35 heavy (non-hydrogen) atoms. The van der Waals surface area contributed by atoms with E-state index >= 15 is 0 Å². The van der Waals surface area contributed by atoms with E-state index in [1.165, 1.54) is 21.3 Å². The Balaban J connectivity index is 2.20. The lowest BCUT2D eigenvalue weighted by Gasteiger charge is -2.31. The van der Waals surface area contributed by atoms with Crippen molar-refractivity contribution in [1.29, 1.82) is 0 Å². The van der Waals surface area contributed by atoms with Crippen LogP contribution in [0.4, 0.5) is 10.1 Å². The van der Waals surface area contributed by atoms with Crippen molar-refractivity contribution in [1.82, 2.24) is 10.2 Å². The van der Waals surface area contributed by atoms with Gasteiger partial charge in [-0.05, 0) is 55.5 Å². The SMILES string of the molecule is CCCNC(=O)[C@H](CC)N(Cc1ccc(F)cc1)C(=O)CCCN(c1ccccc1C)S(C)(=O)=O. The predicted octanol–water partition coefficient (Wildman–Crippen LogP) is 4.01. The first-order valence-corrected chi connectivity index (χ1v) is 13.8. The molecule has 0 saturated carbocycles. The Bertz CT molecular complexity index is 1090. The lowest BCUT2D eigenvalue weighted by Crippen LogP contribution is -2.49. The number of para-hydroxylation sites is 1. The third kappa shape index (κ3) is 8.35. The van der Waals surface area contributed by atoms with Crippen LogP contribution in [-0.4, -0.2) is 50.5 Å². The molecule has 0 bridgehead atoms. The molecule has 9 heteroatoms. The number of carbonyl (C=O) groups is 2. The van der Waals surface area contributed by atoms with Crippen LogP contribution in [0.1, 0.15) is 50.7 Å². The molecule has 2 rings (SSSR count). The van der Waals surface area contributed by atoms with Gasteiger partial charge in [-0.1, -0.05) is 44.2 Å². The van der Waals surface area contributed by atoms with Gasteiger partial charge in [-0.25, -0.2) is 12.8 Å². The van der Waals surface area contributed by atoms with Gasteiger partial charge in [-0.15, -0.1) is 0 Å². The fourth-order valence-corrected chi connectivity index (χ4v) is 4.92. The lowest BCUT2D eigenvalue weighted by molar-refractivity contribution is -0.141. The van der Waals surface area contributed by atoms with Gasteiger partial charge in [-0.2, -0.15) is 0 Å². The topological polar surface area (TPSA) is 86.8 Å². The zero-order valence-corrected chi connectivity index (χ0v) is 21.8. The highest BCUT2D eigenvalue weighted by atomic mass is 32.2. The number of anilines is 1. The third-order valence-corrected chi connectivity index (χ3v) is 6.92. The summed E-state index contributed by atoms with van der Waals surface area (Å²) in [6.07, 6.45) is 2.69. The number of halogens is 1. The quantitative estimate of drug-likeness (QED) is 0.446. The molecule has 2 aromatic carbocycles. The molecule has 0 saturated heterocycles. The summed E-state index contributed by atoms with van der Waals surface area (Å²) in [5, 5.41) is 2.86. The van der Waals surface area contributed by atoms with Gasteiger partial charge in [0.25, 0.3) is 0 Å². The van der Waals surface area contributed by atoms with Gasteiger partial charge in [-0.3, -0.25) is 13.9 Å². The lowest BCUT2D eigenvalue weighted by atomic mass is 10.1. The smallest absolute Gasteiger partial charge is 0.242 e. The molecule has 0 fully saturated rings. The Kier molecular flexibility index (Phi) is 10.7. The molecule has 0 aliphatic rings. The zero-order chi connectivity index (χ0) is 26.0. The van der Waals surface area contributed by atoms with Crippen LogP contribution in [-0.2, 0) is 26.2 Å². The number of nitrogens with one attached hydrogen (secondary N) is 1. The summed E-state index contributed by atoms with van der Waals surface area (Å²) in [4.78, 5) is 27.6. The number of hydrogen-bond donors (Lipinski definition) is 1. The van der Waals surface area contributed by atoms with Gasteiger partial charge >= 0.3 is 0 Å². The van der Waals surface area contributed by atoms with E-state index in [1.54, 1.807) is 24.3 Å². The monoisotopic (exact) mass is 505 g/mol. The van der Waals surface area contributed by atoms with Crippen molar-refractivity contribution in [3.05, 3.63) is 65.5 Å². The second kappa shape index (κ2) is 13.2. The van der Waals surface area contributed by atoms with Crippen LogP contribution in [0.15, 0.2) is 48.5 Å². The Hall–Kier alpha value is -2.94. The van der Waals surface area contributed by atoms with Crippen molar-refractivity contribution in [2.45, 2.75) is 59.0 Å². The summed E-state index contributed by atoms with van der Waals surface area (Å²) in [6.45, 7) is 6.43. The Labute approximate surface area is 208 Å². The predicted molar refractivity (Wildman–Crippen MR) is 137 cm³/mol. The molecule has 7 nitrogen and oxygen atoms in total. The molecule has 0 aromatic heterocycles. The number of nitrogens with zero attached hydrogens (tertiary/aromatic N) is 2. The van der Waals surface area contributed by atoms with Crippen LogP contribution in [0.5, 0.6) is 0 Å². The second-order valence-corrected chi connectivity index (χ2v) is 10.5. The van der Waals surface area contributed by atoms with E-state index in [1.807, 2.05) is 32.9 Å². The molecule has 0 spiro atoms. The van der Waals surface area contributed by atoms with Crippen LogP contribution in [0.2, 0.25) is 0 Å². The molecule has 1 atom stereocenters. The van der Waals surface area contributed by atoms with Crippen LogP contribution < -0.4 is 9.62 Å².